The minimum Gasteiger partial charge on any atom is -0.466 e. The number of aromatic nitrogens is 1. The molecule has 11 heteroatoms. The molecule has 1 amide bonds. The van der Waals surface area contributed by atoms with E-state index in [4.69, 9.17) is 13.9 Å². The number of amides is 1. The first-order chi connectivity index (χ1) is 20.3. The third-order valence-corrected chi connectivity index (χ3v) is 8.18. The zero-order valence-corrected chi connectivity index (χ0v) is 23.8. The van der Waals surface area contributed by atoms with Crippen molar-refractivity contribution < 1.29 is 28.3 Å². The van der Waals surface area contributed by atoms with Gasteiger partial charge in [0.15, 0.2) is 4.80 Å². The largest absolute Gasteiger partial charge is 0.466 e. The van der Waals surface area contributed by atoms with E-state index in [0.29, 0.717) is 33.7 Å². The Balaban J connectivity index is 1.50. The summed E-state index contributed by atoms with van der Waals surface area (Å²) in [5.74, 6) is -1.24. The number of methoxy groups -OCH3 is 1. The maximum absolute atomic E-state index is 14.2. The Hall–Kier alpha value is -5.03. The van der Waals surface area contributed by atoms with Crippen molar-refractivity contribution in [1.29, 1.82) is 0 Å². The number of rotatable bonds is 6. The number of carbonyl (C=O) groups is 3. The molecule has 2 aliphatic rings. The number of carbonyl (C=O) groups excluding carboxylic acids is 3. The van der Waals surface area contributed by atoms with Crippen molar-refractivity contribution in [3.05, 3.63) is 115 Å². The van der Waals surface area contributed by atoms with Crippen molar-refractivity contribution in [2.45, 2.75) is 26.3 Å². The first-order valence-corrected chi connectivity index (χ1v) is 14.1. The summed E-state index contributed by atoms with van der Waals surface area (Å²) in [4.78, 5) is 59.8. The number of anilines is 1. The number of benzene rings is 2. The first kappa shape index (κ1) is 27.2. The smallest absolute Gasteiger partial charge is 0.379 e. The highest BCUT2D eigenvalue weighted by molar-refractivity contribution is 7.07. The molecule has 0 aliphatic carbocycles. The molecule has 4 heterocycles. The summed E-state index contributed by atoms with van der Waals surface area (Å²) >= 11 is 1.11. The molecule has 0 saturated heterocycles. The van der Waals surface area contributed by atoms with Gasteiger partial charge < -0.3 is 18.8 Å². The Labute approximate surface area is 243 Å². The Morgan fingerprint density at radius 3 is 2.48 bits per heavy atom. The van der Waals surface area contributed by atoms with Gasteiger partial charge in [-0.2, -0.15) is 0 Å². The van der Waals surface area contributed by atoms with Crippen LogP contribution in [0, 0.1) is 0 Å². The predicted octanol–water partition coefficient (Wildman–Crippen LogP) is 3.35. The van der Waals surface area contributed by atoms with E-state index in [2.05, 4.69) is 4.99 Å². The molecule has 0 fully saturated rings. The zero-order valence-electron chi connectivity index (χ0n) is 23.0. The number of nitrogens with zero attached hydrogens (tertiary/aromatic N) is 3. The number of para-hydroxylation sites is 1. The lowest BCUT2D eigenvalue weighted by Crippen LogP contribution is -2.40. The molecule has 212 valence electrons. The fourth-order valence-electron chi connectivity index (χ4n) is 5.27. The van der Waals surface area contributed by atoms with Crippen LogP contribution in [0.4, 0.5) is 5.69 Å². The van der Waals surface area contributed by atoms with Gasteiger partial charge in [0.05, 0.1) is 41.9 Å². The molecule has 1 unspecified atom stereocenters. The fourth-order valence-corrected chi connectivity index (χ4v) is 6.41. The predicted molar refractivity (Wildman–Crippen MR) is 154 cm³/mol. The summed E-state index contributed by atoms with van der Waals surface area (Å²) in [7, 11) is 1.26. The maximum atomic E-state index is 14.2. The average molecular weight is 584 g/mol. The summed E-state index contributed by atoms with van der Waals surface area (Å²) in [6, 6.07) is 16.0. The van der Waals surface area contributed by atoms with Crippen LogP contribution in [0.1, 0.15) is 48.0 Å². The summed E-state index contributed by atoms with van der Waals surface area (Å²) in [6.45, 7) is 4.18. The lowest BCUT2D eigenvalue weighted by molar-refractivity contribution is -0.136. The van der Waals surface area contributed by atoms with E-state index in [0.717, 1.165) is 23.4 Å². The van der Waals surface area contributed by atoms with Gasteiger partial charge in [0.2, 0.25) is 5.76 Å². The fraction of sp³-hybridized carbons (Fsp3) is 0.194. The van der Waals surface area contributed by atoms with Crippen LogP contribution in [0.15, 0.2) is 92.4 Å². The van der Waals surface area contributed by atoms with Gasteiger partial charge >= 0.3 is 11.9 Å². The molecule has 1 atom stereocenters. The molecular formula is C31H25N3O7S. The maximum Gasteiger partial charge on any atom is 0.379 e. The number of allylic oxidation sites excluding steroid dienone is 1. The second-order valence-electron chi connectivity index (χ2n) is 9.68. The van der Waals surface area contributed by atoms with E-state index in [1.165, 1.54) is 24.0 Å². The topological polar surface area (TPSA) is 120 Å². The van der Waals surface area contributed by atoms with Crippen LogP contribution in [0.2, 0.25) is 0 Å². The molecular weight excluding hydrogens is 558 g/mol. The number of esters is 2. The van der Waals surface area contributed by atoms with E-state index < -0.39 is 23.5 Å². The van der Waals surface area contributed by atoms with E-state index in [-0.39, 0.29) is 27.5 Å². The normalized spacial score (nSPS) is 17.1. The number of hydrogen-bond donors (Lipinski definition) is 0. The molecule has 0 saturated carbocycles. The zero-order chi connectivity index (χ0) is 29.5. The van der Waals surface area contributed by atoms with E-state index in [9.17, 15) is 19.2 Å². The summed E-state index contributed by atoms with van der Waals surface area (Å²) in [5, 5.41) is 0. The quantitative estimate of drug-likeness (QED) is 0.252. The van der Waals surface area contributed by atoms with Gasteiger partial charge in [-0.15, -0.1) is 0 Å². The molecule has 4 aromatic rings. The third kappa shape index (κ3) is 4.38. The van der Waals surface area contributed by atoms with Crippen molar-refractivity contribution in [3.8, 4) is 5.75 Å². The first-order valence-electron chi connectivity index (χ1n) is 13.2. The number of fused-ring (bicyclic) bond motifs is 2. The highest BCUT2D eigenvalue weighted by Crippen LogP contribution is 2.36. The minimum absolute atomic E-state index is 0.0551. The van der Waals surface area contributed by atoms with Crippen molar-refractivity contribution in [1.82, 2.24) is 4.57 Å². The van der Waals surface area contributed by atoms with Gasteiger partial charge in [0, 0.05) is 12.1 Å². The van der Waals surface area contributed by atoms with Crippen molar-refractivity contribution in [2.75, 3.05) is 18.6 Å². The summed E-state index contributed by atoms with van der Waals surface area (Å²) in [5.41, 5.74) is 2.46. The van der Waals surface area contributed by atoms with Crippen molar-refractivity contribution in [3.63, 3.8) is 0 Å². The third-order valence-electron chi connectivity index (χ3n) is 7.13. The van der Waals surface area contributed by atoms with E-state index >= 15 is 0 Å². The molecule has 0 spiro atoms. The minimum atomic E-state index is -0.892. The number of thiazole rings is 1. The molecule has 0 radical (unpaired) electrons. The van der Waals surface area contributed by atoms with Crippen LogP contribution in [0.5, 0.6) is 5.75 Å². The molecule has 6 rings (SSSR count). The molecule has 0 N–H and O–H groups in total. The molecule has 2 aliphatic heterocycles. The summed E-state index contributed by atoms with van der Waals surface area (Å²) in [6.07, 6.45) is 2.13. The number of furan rings is 1. The molecule has 2 aromatic heterocycles. The monoisotopic (exact) mass is 583 g/mol. The average Bonchev–Trinajstić information content (AvgIpc) is 3.70. The van der Waals surface area contributed by atoms with Crippen LogP contribution >= 0.6 is 11.3 Å². The molecule has 10 nitrogen and oxygen atoms in total. The van der Waals surface area contributed by atoms with Crippen LogP contribution in [0.25, 0.3) is 5.57 Å². The van der Waals surface area contributed by atoms with Crippen molar-refractivity contribution in [2.24, 2.45) is 4.99 Å². The lowest BCUT2D eigenvalue weighted by Gasteiger charge is -2.24. The molecule has 2 aromatic carbocycles. The van der Waals surface area contributed by atoms with E-state index in [1.54, 1.807) is 42.2 Å². The molecule has 0 bridgehead atoms. The van der Waals surface area contributed by atoms with Crippen LogP contribution in [0.3, 0.4) is 0 Å². The standard InChI is InChI=1S/C31H25N3O7S/c1-4-15-33-21-9-6-5-8-20(21)24(27(33)35)26-28(36)34-25(23(30(38)39-3)17(2)32-31(34)42-26)18-11-13-19(14-12-18)41-29(37)22-10-7-16-40-22/h5-14,16,25H,4,15H2,1-3H3/b26-24+. The SMILES string of the molecule is CCCN1C(=O)/C(=c2/sc3n(c2=O)C(c2ccc(OC(=O)c4ccco4)cc2)C(C(=O)OC)=C(C)N=3)c2ccccc21. The van der Waals surface area contributed by atoms with Gasteiger partial charge in [-0.1, -0.05) is 48.6 Å². The second-order valence-corrected chi connectivity index (χ2v) is 10.7. The van der Waals surface area contributed by atoms with Gasteiger partial charge in [0.1, 0.15) is 10.3 Å². The second kappa shape index (κ2) is 10.7. The van der Waals surface area contributed by atoms with Gasteiger partial charge in [-0.3, -0.25) is 14.2 Å². The number of ether oxygens (including phenoxy) is 2. The Morgan fingerprint density at radius 2 is 1.79 bits per heavy atom. The van der Waals surface area contributed by atoms with Gasteiger partial charge in [-0.25, -0.2) is 14.6 Å². The Kier molecular flexibility index (Phi) is 6.95. The highest BCUT2D eigenvalue weighted by Gasteiger charge is 2.37. The summed E-state index contributed by atoms with van der Waals surface area (Å²) < 4.78 is 17.2. The van der Waals surface area contributed by atoms with Crippen molar-refractivity contribution >= 4 is 40.4 Å². The Bertz CT molecular complexity index is 1950. The van der Waals surface area contributed by atoms with Gasteiger partial charge in [0.25, 0.3) is 11.5 Å². The van der Waals surface area contributed by atoms with Crippen LogP contribution in [-0.2, 0) is 14.3 Å². The van der Waals surface area contributed by atoms with E-state index in [1.807, 2.05) is 31.2 Å². The molecule has 42 heavy (non-hydrogen) atoms. The highest BCUT2D eigenvalue weighted by atomic mass is 32.1. The van der Waals surface area contributed by atoms with Gasteiger partial charge in [-0.05, 0) is 49.2 Å². The lowest BCUT2D eigenvalue weighted by atomic mass is 9.96. The van der Waals surface area contributed by atoms with Crippen LogP contribution in [-0.4, -0.2) is 36.1 Å². The number of hydrogen-bond acceptors (Lipinski definition) is 9. The van der Waals surface area contributed by atoms with Crippen LogP contribution < -0.4 is 24.5 Å². The Morgan fingerprint density at radius 1 is 1.02 bits per heavy atom.